The quantitative estimate of drug-likeness (QED) is 0.103. The molecule has 0 aromatic heterocycles. The second-order valence-corrected chi connectivity index (χ2v) is 9.69. The molecule has 1 aliphatic rings. The molecule has 10 nitrogen and oxygen atoms in total. The van der Waals surface area contributed by atoms with Gasteiger partial charge >= 0.3 is 5.97 Å². The lowest BCUT2D eigenvalue weighted by molar-refractivity contribution is -0.384. The van der Waals surface area contributed by atoms with Gasteiger partial charge in [0.2, 0.25) is 0 Å². The van der Waals surface area contributed by atoms with E-state index in [4.69, 9.17) is 14.2 Å². The van der Waals surface area contributed by atoms with E-state index in [1.165, 1.54) is 44.6 Å². The fourth-order valence-corrected chi connectivity index (χ4v) is 4.87. The van der Waals surface area contributed by atoms with Crippen LogP contribution in [0.15, 0.2) is 70.0 Å². The maximum Gasteiger partial charge on any atom is 0.343 e. The molecule has 0 radical (unpaired) electrons. The van der Waals surface area contributed by atoms with Crippen LogP contribution < -0.4 is 14.2 Å². The Morgan fingerprint density at radius 1 is 1.05 bits per heavy atom. The summed E-state index contributed by atoms with van der Waals surface area (Å²) in [5.74, 6) is -0.119. The van der Waals surface area contributed by atoms with Crippen molar-refractivity contribution in [2.75, 3.05) is 14.2 Å². The summed E-state index contributed by atoms with van der Waals surface area (Å²) in [6.07, 6.45) is 1.53. The van der Waals surface area contributed by atoms with Crippen molar-refractivity contribution in [3.63, 3.8) is 0 Å². The van der Waals surface area contributed by atoms with Crippen LogP contribution >= 0.6 is 27.7 Å². The number of amides is 2. The molecule has 0 aliphatic carbocycles. The molecule has 3 aromatic rings. The number of non-ortho nitro benzene ring substituents is 1. The Morgan fingerprint density at radius 2 is 1.74 bits per heavy atom. The molecule has 0 unspecified atom stereocenters. The number of rotatable bonds is 8. The third-order valence-electron chi connectivity index (χ3n) is 5.43. The van der Waals surface area contributed by atoms with E-state index in [1.807, 2.05) is 0 Å². The van der Waals surface area contributed by atoms with Crippen molar-refractivity contribution in [3.8, 4) is 17.2 Å². The molecular weight excluding hydrogens is 580 g/mol. The van der Waals surface area contributed by atoms with E-state index < -0.39 is 22.0 Å². The smallest absolute Gasteiger partial charge is 0.343 e. The van der Waals surface area contributed by atoms with Gasteiger partial charge in [-0.3, -0.25) is 24.6 Å². The Bertz CT molecular complexity index is 1460. The predicted octanol–water partition coefficient (Wildman–Crippen LogP) is 5.83. The maximum atomic E-state index is 12.9. The molecule has 0 spiro atoms. The van der Waals surface area contributed by atoms with E-state index in [0.717, 1.165) is 16.7 Å². The first-order valence-electron chi connectivity index (χ1n) is 10.9. The van der Waals surface area contributed by atoms with Gasteiger partial charge in [0.25, 0.3) is 16.8 Å². The van der Waals surface area contributed by atoms with Gasteiger partial charge in [0.05, 0.1) is 40.6 Å². The Kier molecular flexibility index (Phi) is 8.13. The van der Waals surface area contributed by atoms with E-state index in [9.17, 15) is 24.5 Å². The Morgan fingerprint density at radius 3 is 2.34 bits per heavy atom. The number of halogens is 1. The summed E-state index contributed by atoms with van der Waals surface area (Å²) in [6, 6.07) is 15.3. The number of thioether (sulfide) groups is 1. The lowest BCUT2D eigenvalue weighted by Crippen LogP contribution is -2.27. The van der Waals surface area contributed by atoms with Gasteiger partial charge in [0.15, 0.2) is 11.5 Å². The molecule has 0 saturated carbocycles. The fourth-order valence-electron chi connectivity index (χ4n) is 3.49. The van der Waals surface area contributed by atoms with Crippen LogP contribution in [-0.2, 0) is 11.3 Å². The first-order chi connectivity index (χ1) is 18.2. The first-order valence-corrected chi connectivity index (χ1v) is 12.5. The third-order valence-corrected chi connectivity index (χ3v) is 6.93. The number of carbonyl (C=O) groups excluding carboxylic acids is 3. The summed E-state index contributed by atoms with van der Waals surface area (Å²) in [4.78, 5) is 49.7. The Labute approximate surface area is 229 Å². The van der Waals surface area contributed by atoms with Gasteiger partial charge in [-0.15, -0.1) is 0 Å². The van der Waals surface area contributed by atoms with E-state index in [-0.39, 0.29) is 28.6 Å². The van der Waals surface area contributed by atoms with Crippen molar-refractivity contribution in [2.24, 2.45) is 0 Å². The zero-order valence-corrected chi connectivity index (χ0v) is 22.4. The summed E-state index contributed by atoms with van der Waals surface area (Å²) in [7, 11) is 2.94. The van der Waals surface area contributed by atoms with Crippen molar-refractivity contribution in [3.05, 3.63) is 96.8 Å². The topological polar surface area (TPSA) is 125 Å². The van der Waals surface area contributed by atoms with E-state index in [2.05, 4.69) is 15.9 Å². The van der Waals surface area contributed by atoms with Crippen LogP contribution in [0.2, 0.25) is 0 Å². The van der Waals surface area contributed by atoms with Crippen LogP contribution in [0.5, 0.6) is 17.2 Å². The summed E-state index contributed by atoms with van der Waals surface area (Å²) in [5, 5.41) is 10.4. The lowest BCUT2D eigenvalue weighted by atomic mass is 10.1. The van der Waals surface area contributed by atoms with E-state index in [1.54, 1.807) is 36.4 Å². The van der Waals surface area contributed by atoms with Crippen LogP contribution in [-0.4, -0.2) is 41.2 Å². The van der Waals surface area contributed by atoms with Gasteiger partial charge in [-0.25, -0.2) is 4.79 Å². The number of hydrogen-bond donors (Lipinski definition) is 0. The number of imide groups is 1. The first kappa shape index (κ1) is 26.9. The maximum absolute atomic E-state index is 12.9. The van der Waals surface area contributed by atoms with Crippen LogP contribution in [0.3, 0.4) is 0 Å². The van der Waals surface area contributed by atoms with Crippen molar-refractivity contribution in [1.82, 2.24) is 4.90 Å². The molecule has 0 N–H and O–H groups in total. The van der Waals surface area contributed by atoms with Crippen LogP contribution in [0.25, 0.3) is 6.08 Å². The van der Waals surface area contributed by atoms with Crippen molar-refractivity contribution in [1.29, 1.82) is 0 Å². The molecule has 1 aliphatic heterocycles. The number of nitrogens with zero attached hydrogens (tertiary/aromatic N) is 2. The SMILES string of the molecule is COc1ccc(C(=O)Oc2c(Br)cc(/C=C3\SC(=O)N(Cc4ccc([N+](=O)[O-])cc4)C3=O)cc2OC)cc1. The highest BCUT2D eigenvalue weighted by Crippen LogP contribution is 2.40. The molecule has 0 atom stereocenters. The van der Waals surface area contributed by atoms with Crippen LogP contribution in [0.4, 0.5) is 10.5 Å². The van der Waals surface area contributed by atoms with E-state index >= 15 is 0 Å². The number of benzene rings is 3. The van der Waals surface area contributed by atoms with Crippen LogP contribution in [0.1, 0.15) is 21.5 Å². The second kappa shape index (κ2) is 11.5. The summed E-state index contributed by atoms with van der Waals surface area (Å²) >= 11 is 4.16. The molecular formula is C26H19BrN2O8S. The fraction of sp³-hybridized carbons (Fsp3) is 0.115. The molecule has 12 heteroatoms. The number of carbonyl (C=O) groups is 3. The molecule has 38 heavy (non-hydrogen) atoms. The highest BCUT2D eigenvalue weighted by atomic mass is 79.9. The number of hydrogen-bond acceptors (Lipinski definition) is 9. The molecule has 2 amide bonds. The minimum absolute atomic E-state index is 0.0206. The second-order valence-electron chi connectivity index (χ2n) is 7.84. The van der Waals surface area contributed by atoms with Crippen molar-refractivity contribution >= 4 is 56.6 Å². The van der Waals surface area contributed by atoms with Gasteiger partial charge in [-0.1, -0.05) is 12.1 Å². The molecule has 0 bridgehead atoms. The van der Waals surface area contributed by atoms with Crippen LogP contribution in [0, 0.1) is 10.1 Å². The number of nitro groups is 1. The zero-order valence-electron chi connectivity index (χ0n) is 20.0. The molecule has 194 valence electrons. The Hall–Kier alpha value is -4.16. The summed E-state index contributed by atoms with van der Waals surface area (Å²) < 4.78 is 16.4. The minimum atomic E-state index is -0.605. The average molecular weight is 599 g/mol. The minimum Gasteiger partial charge on any atom is -0.497 e. The van der Waals surface area contributed by atoms with Gasteiger partial charge < -0.3 is 14.2 Å². The van der Waals surface area contributed by atoms with E-state index in [0.29, 0.717) is 26.9 Å². The monoisotopic (exact) mass is 598 g/mol. The number of nitro benzene ring substituents is 1. The van der Waals surface area contributed by atoms with Crippen molar-refractivity contribution in [2.45, 2.75) is 6.54 Å². The van der Waals surface area contributed by atoms with Gasteiger partial charge in [-0.05, 0) is 81.3 Å². The molecule has 1 saturated heterocycles. The summed E-state index contributed by atoms with van der Waals surface area (Å²) in [6.45, 7) is -0.0206. The molecule has 1 heterocycles. The standard InChI is InChI=1S/C26H19BrN2O8S/c1-35-19-9-5-17(6-10-19)25(31)37-23-20(27)11-16(12-21(23)36-2)13-22-24(30)28(26(32)38-22)14-15-3-7-18(8-4-15)29(33)34/h3-13H,14H2,1-2H3/b22-13-. The zero-order chi connectivity index (χ0) is 27.4. The predicted molar refractivity (Wildman–Crippen MR) is 143 cm³/mol. The highest BCUT2D eigenvalue weighted by Gasteiger charge is 2.35. The molecule has 3 aromatic carbocycles. The largest absolute Gasteiger partial charge is 0.497 e. The number of ether oxygens (including phenoxy) is 3. The number of esters is 1. The molecule has 4 rings (SSSR count). The summed E-state index contributed by atoms with van der Waals surface area (Å²) in [5.41, 5.74) is 1.33. The number of methoxy groups -OCH3 is 2. The van der Waals surface area contributed by atoms with Gasteiger partial charge in [0, 0.05) is 12.1 Å². The third kappa shape index (κ3) is 5.87. The highest BCUT2D eigenvalue weighted by molar-refractivity contribution is 9.10. The molecule has 1 fully saturated rings. The normalized spacial score (nSPS) is 14.1. The average Bonchev–Trinajstić information content (AvgIpc) is 3.17. The lowest BCUT2D eigenvalue weighted by Gasteiger charge is -2.13. The van der Waals surface area contributed by atoms with Crippen molar-refractivity contribution < 1.29 is 33.5 Å². The Balaban J connectivity index is 1.52. The van der Waals surface area contributed by atoms with Gasteiger partial charge in [-0.2, -0.15) is 0 Å². The van der Waals surface area contributed by atoms with Gasteiger partial charge in [0.1, 0.15) is 5.75 Å².